The second-order valence-electron chi connectivity index (χ2n) is 4.60. The van der Waals surface area contributed by atoms with Crippen LogP contribution < -0.4 is 4.74 Å². The lowest BCUT2D eigenvalue weighted by molar-refractivity contribution is 0.0378. The molecule has 0 aliphatic rings. The Balaban J connectivity index is 2.85. The van der Waals surface area contributed by atoms with Crippen LogP contribution in [0.25, 0.3) is 0 Å². The average Bonchev–Trinajstić information content (AvgIpc) is 2.19. The highest BCUT2D eigenvalue weighted by Crippen LogP contribution is 2.21. The molecule has 0 fully saturated rings. The Hall–Kier alpha value is -1.51. The molecule has 0 aromatic heterocycles. The molecule has 0 amide bonds. The maximum absolute atomic E-state index is 11.7. The van der Waals surface area contributed by atoms with Crippen molar-refractivity contribution in [1.82, 2.24) is 0 Å². The normalized spacial score (nSPS) is 10.8. The first-order chi connectivity index (χ1) is 7.90. The maximum atomic E-state index is 11.7. The molecule has 0 saturated heterocycles. The summed E-state index contributed by atoms with van der Waals surface area (Å²) in [6.45, 7) is 9.53. The number of carbonyl (C=O) groups is 1. The maximum Gasteiger partial charge on any atom is 0.338 e. The molecule has 0 spiro atoms. The van der Waals surface area contributed by atoms with Crippen LogP contribution in [0.5, 0.6) is 5.75 Å². The molecule has 3 nitrogen and oxygen atoms in total. The molecule has 0 aliphatic heterocycles. The van der Waals surface area contributed by atoms with Crippen molar-refractivity contribution in [2.45, 2.75) is 46.8 Å². The smallest absolute Gasteiger partial charge is 0.338 e. The Morgan fingerprint density at radius 3 is 2.24 bits per heavy atom. The van der Waals surface area contributed by atoms with Gasteiger partial charge in [0.25, 0.3) is 0 Å². The van der Waals surface area contributed by atoms with Crippen molar-refractivity contribution >= 4 is 5.97 Å². The van der Waals surface area contributed by atoms with Gasteiger partial charge in [-0.15, -0.1) is 0 Å². The van der Waals surface area contributed by atoms with Crippen LogP contribution in [-0.4, -0.2) is 18.2 Å². The molecule has 1 rings (SSSR count). The van der Waals surface area contributed by atoms with Gasteiger partial charge in [-0.3, -0.25) is 0 Å². The number of esters is 1. The Bertz CT molecular complexity index is 394. The lowest BCUT2D eigenvalue weighted by atomic mass is 10.1. The van der Waals surface area contributed by atoms with Gasteiger partial charge in [-0.05, 0) is 58.4 Å². The van der Waals surface area contributed by atoms with E-state index >= 15 is 0 Å². The lowest BCUT2D eigenvalue weighted by Gasteiger charge is -2.13. The van der Waals surface area contributed by atoms with Crippen LogP contribution in [0.1, 0.15) is 43.6 Å². The van der Waals surface area contributed by atoms with E-state index in [0.717, 1.165) is 11.3 Å². The van der Waals surface area contributed by atoms with Crippen molar-refractivity contribution in [1.29, 1.82) is 0 Å². The van der Waals surface area contributed by atoms with Gasteiger partial charge in [-0.25, -0.2) is 4.79 Å². The lowest BCUT2D eigenvalue weighted by Crippen LogP contribution is -2.12. The van der Waals surface area contributed by atoms with Gasteiger partial charge in [0.15, 0.2) is 0 Å². The van der Waals surface area contributed by atoms with Crippen LogP contribution in [0.15, 0.2) is 18.2 Å². The largest absolute Gasteiger partial charge is 0.491 e. The van der Waals surface area contributed by atoms with Gasteiger partial charge in [0.1, 0.15) is 5.75 Å². The SMILES string of the molecule is Cc1cc(C(=O)OC(C)C)ccc1OC(C)C. The highest BCUT2D eigenvalue weighted by molar-refractivity contribution is 5.90. The summed E-state index contributed by atoms with van der Waals surface area (Å²) in [7, 11) is 0. The first-order valence-electron chi connectivity index (χ1n) is 5.88. The topological polar surface area (TPSA) is 35.5 Å². The molecule has 0 saturated carbocycles. The van der Waals surface area contributed by atoms with E-state index < -0.39 is 0 Å². The van der Waals surface area contributed by atoms with E-state index in [4.69, 9.17) is 9.47 Å². The number of hydrogen-bond acceptors (Lipinski definition) is 3. The zero-order valence-electron chi connectivity index (χ0n) is 11.1. The predicted octanol–water partition coefficient (Wildman–Crippen LogP) is 3.35. The Kier molecular flexibility index (Phi) is 4.55. The van der Waals surface area contributed by atoms with Gasteiger partial charge in [0.2, 0.25) is 0 Å². The molecule has 17 heavy (non-hydrogen) atoms. The summed E-state index contributed by atoms with van der Waals surface area (Å²) < 4.78 is 10.7. The number of ether oxygens (including phenoxy) is 2. The van der Waals surface area contributed by atoms with Gasteiger partial charge in [-0.1, -0.05) is 0 Å². The number of rotatable bonds is 4. The van der Waals surface area contributed by atoms with E-state index in [9.17, 15) is 4.79 Å². The van der Waals surface area contributed by atoms with Gasteiger partial charge < -0.3 is 9.47 Å². The molecule has 0 N–H and O–H groups in total. The zero-order chi connectivity index (χ0) is 13.0. The van der Waals surface area contributed by atoms with Gasteiger partial charge >= 0.3 is 5.97 Å². The van der Waals surface area contributed by atoms with Crippen molar-refractivity contribution in [3.63, 3.8) is 0 Å². The van der Waals surface area contributed by atoms with E-state index in [0.29, 0.717) is 5.56 Å². The minimum atomic E-state index is -0.292. The van der Waals surface area contributed by atoms with Crippen molar-refractivity contribution in [3.05, 3.63) is 29.3 Å². The van der Waals surface area contributed by atoms with Crippen LogP contribution >= 0.6 is 0 Å². The monoisotopic (exact) mass is 236 g/mol. The fraction of sp³-hybridized carbons (Fsp3) is 0.500. The summed E-state index contributed by atoms with van der Waals surface area (Å²) in [6.07, 6.45) is 0.0246. The third-order valence-corrected chi connectivity index (χ3v) is 2.12. The molecule has 0 unspecified atom stereocenters. The van der Waals surface area contributed by atoms with Crippen molar-refractivity contribution in [3.8, 4) is 5.75 Å². The Labute approximate surface area is 103 Å². The van der Waals surface area contributed by atoms with Gasteiger partial charge in [-0.2, -0.15) is 0 Å². The van der Waals surface area contributed by atoms with Crippen molar-refractivity contribution < 1.29 is 14.3 Å². The number of hydrogen-bond donors (Lipinski definition) is 0. The Morgan fingerprint density at radius 1 is 1.12 bits per heavy atom. The third kappa shape index (κ3) is 4.10. The van der Waals surface area contributed by atoms with Crippen molar-refractivity contribution in [2.24, 2.45) is 0 Å². The third-order valence-electron chi connectivity index (χ3n) is 2.12. The minimum absolute atomic E-state index is 0.102. The summed E-state index contributed by atoms with van der Waals surface area (Å²) in [6, 6.07) is 5.34. The fourth-order valence-corrected chi connectivity index (χ4v) is 1.44. The highest BCUT2D eigenvalue weighted by atomic mass is 16.5. The van der Waals surface area contributed by atoms with Crippen LogP contribution in [0.2, 0.25) is 0 Å². The predicted molar refractivity (Wildman–Crippen MR) is 67.5 cm³/mol. The van der Waals surface area contributed by atoms with E-state index in [2.05, 4.69) is 0 Å². The number of aryl methyl sites for hydroxylation is 1. The molecular formula is C14H20O3. The van der Waals surface area contributed by atoms with Gasteiger partial charge in [0.05, 0.1) is 17.8 Å². The van der Waals surface area contributed by atoms with Gasteiger partial charge in [0, 0.05) is 0 Å². The number of carbonyl (C=O) groups excluding carboxylic acids is 1. The van der Waals surface area contributed by atoms with Crippen LogP contribution in [0.4, 0.5) is 0 Å². The van der Waals surface area contributed by atoms with E-state index in [-0.39, 0.29) is 18.2 Å². The van der Waals surface area contributed by atoms with Crippen LogP contribution in [0, 0.1) is 6.92 Å². The molecule has 1 aromatic carbocycles. The second-order valence-corrected chi connectivity index (χ2v) is 4.60. The molecule has 1 aromatic rings. The molecular weight excluding hydrogens is 216 g/mol. The van der Waals surface area contributed by atoms with Crippen molar-refractivity contribution in [2.75, 3.05) is 0 Å². The summed E-state index contributed by atoms with van der Waals surface area (Å²) in [5.74, 6) is 0.514. The minimum Gasteiger partial charge on any atom is -0.491 e. The first-order valence-corrected chi connectivity index (χ1v) is 5.88. The molecule has 0 heterocycles. The summed E-state index contributed by atoms with van der Waals surface area (Å²) in [4.78, 5) is 11.7. The molecule has 3 heteroatoms. The molecule has 0 radical (unpaired) electrons. The van der Waals surface area contributed by atoms with E-state index in [1.807, 2.05) is 40.7 Å². The highest BCUT2D eigenvalue weighted by Gasteiger charge is 2.11. The van der Waals surface area contributed by atoms with Crippen LogP contribution in [0.3, 0.4) is 0 Å². The quantitative estimate of drug-likeness (QED) is 0.752. The summed E-state index contributed by atoms with van der Waals surface area (Å²) in [5, 5.41) is 0. The van der Waals surface area contributed by atoms with E-state index in [1.165, 1.54) is 0 Å². The second kappa shape index (κ2) is 5.71. The summed E-state index contributed by atoms with van der Waals surface area (Å²) in [5.41, 5.74) is 1.50. The standard InChI is InChI=1S/C14H20O3/c1-9(2)16-13-7-6-12(8-11(13)5)14(15)17-10(3)4/h6-10H,1-5H3. The van der Waals surface area contributed by atoms with E-state index in [1.54, 1.807) is 12.1 Å². The molecule has 94 valence electrons. The van der Waals surface area contributed by atoms with Crippen LogP contribution in [-0.2, 0) is 4.74 Å². The first kappa shape index (κ1) is 13.6. The molecule has 0 atom stereocenters. The molecule has 0 aliphatic carbocycles. The number of benzene rings is 1. The zero-order valence-corrected chi connectivity index (χ0v) is 11.1. The Morgan fingerprint density at radius 2 is 1.76 bits per heavy atom. The average molecular weight is 236 g/mol. The molecule has 0 bridgehead atoms. The summed E-state index contributed by atoms with van der Waals surface area (Å²) >= 11 is 0. The fourth-order valence-electron chi connectivity index (χ4n) is 1.44.